The summed E-state index contributed by atoms with van der Waals surface area (Å²) in [6.07, 6.45) is 11.9. The van der Waals surface area contributed by atoms with E-state index in [1.165, 1.54) is 50.1 Å². The van der Waals surface area contributed by atoms with Gasteiger partial charge in [-0.15, -0.1) is 0 Å². The van der Waals surface area contributed by atoms with E-state index in [4.69, 9.17) is 18.9 Å². The summed E-state index contributed by atoms with van der Waals surface area (Å²) in [5.41, 5.74) is 14.1. The van der Waals surface area contributed by atoms with Crippen LogP contribution in [0.4, 0.5) is 0 Å². The van der Waals surface area contributed by atoms with Gasteiger partial charge >= 0.3 is 0 Å². The van der Waals surface area contributed by atoms with Gasteiger partial charge in [-0.1, -0.05) is 159 Å². The van der Waals surface area contributed by atoms with E-state index in [2.05, 4.69) is 172 Å². The van der Waals surface area contributed by atoms with E-state index < -0.39 is 0 Å². The SMILES string of the molecule is CCCO/C(C)=C(/C=C(\C)C(C)(C)C)Cc1cc(C(C)(C)C)cc(Cc2cc(C(C)(C)C)cc(Cc3cc(C(C)(C)C)cc(CC)c3OCCC)c2OCCC)c1OCc1cn(C)cn1. The van der Waals surface area contributed by atoms with Gasteiger partial charge in [0.1, 0.15) is 23.9 Å². The van der Waals surface area contributed by atoms with Crippen LogP contribution in [0.3, 0.4) is 0 Å². The molecule has 0 unspecified atom stereocenters. The highest BCUT2D eigenvalue weighted by atomic mass is 16.5. The van der Waals surface area contributed by atoms with Gasteiger partial charge in [0.15, 0.2) is 0 Å². The van der Waals surface area contributed by atoms with Crippen molar-refractivity contribution in [3.8, 4) is 17.2 Å². The van der Waals surface area contributed by atoms with Crippen LogP contribution >= 0.6 is 0 Å². The molecule has 0 aliphatic heterocycles. The van der Waals surface area contributed by atoms with Gasteiger partial charge in [-0.2, -0.15) is 0 Å². The molecule has 0 atom stereocenters. The van der Waals surface area contributed by atoms with Crippen molar-refractivity contribution in [2.24, 2.45) is 12.5 Å². The van der Waals surface area contributed by atoms with Gasteiger partial charge < -0.3 is 23.5 Å². The number of hydrogen-bond acceptors (Lipinski definition) is 5. The van der Waals surface area contributed by atoms with Gasteiger partial charge in [-0.25, -0.2) is 4.98 Å². The summed E-state index contributed by atoms with van der Waals surface area (Å²) in [6, 6.07) is 14.3. The Bertz CT molecular complexity index is 2260. The molecular formula is C59H88N2O4. The standard InChI is InChI=1S/C59H88N2O4/c1-20-24-62-41(6)43(27-40(5)56(7,8)9)28-44-32-50(58(13,14)15)36-48(55(44)65-38-52-37-61(19)39-60-52)30-47-35-51(59(16,17)18)34-46(54(47)64-26-22-3)29-45-33-49(57(10,11)12)31-42(23-4)53(45)63-25-21-2/h27,31-37,39H,20-26,28-30,38H2,1-19H3/b40-27+,43-41-. The Kier molecular flexibility index (Phi) is 18.3. The van der Waals surface area contributed by atoms with Crippen molar-refractivity contribution in [1.29, 1.82) is 0 Å². The first-order valence-corrected chi connectivity index (χ1v) is 24.7. The maximum Gasteiger partial charge on any atom is 0.132 e. The Morgan fingerprint density at radius 2 is 0.985 bits per heavy atom. The van der Waals surface area contributed by atoms with Crippen LogP contribution in [0.1, 0.15) is 200 Å². The van der Waals surface area contributed by atoms with Crippen LogP contribution in [0, 0.1) is 5.41 Å². The minimum atomic E-state index is -0.123. The Morgan fingerprint density at radius 3 is 1.37 bits per heavy atom. The van der Waals surface area contributed by atoms with Gasteiger partial charge in [0.25, 0.3) is 0 Å². The summed E-state index contributed by atoms with van der Waals surface area (Å²) in [5, 5.41) is 0. The number of aryl methyl sites for hydroxylation is 2. The first kappa shape index (κ1) is 53.2. The van der Waals surface area contributed by atoms with E-state index in [-0.39, 0.29) is 21.7 Å². The molecule has 65 heavy (non-hydrogen) atoms. The molecule has 6 heteroatoms. The van der Waals surface area contributed by atoms with Crippen molar-refractivity contribution in [2.45, 2.75) is 192 Å². The smallest absolute Gasteiger partial charge is 0.132 e. The lowest BCUT2D eigenvalue weighted by atomic mass is 9.80. The van der Waals surface area contributed by atoms with Crippen molar-refractivity contribution in [3.63, 3.8) is 0 Å². The van der Waals surface area contributed by atoms with Gasteiger partial charge in [0.05, 0.1) is 37.6 Å². The normalized spacial score (nSPS) is 13.2. The lowest BCUT2D eigenvalue weighted by molar-refractivity contribution is 0.211. The third-order valence-corrected chi connectivity index (χ3v) is 12.4. The van der Waals surface area contributed by atoms with Crippen LogP contribution in [0.25, 0.3) is 0 Å². The molecule has 4 aromatic rings. The zero-order valence-electron chi connectivity index (χ0n) is 44.5. The molecule has 0 radical (unpaired) electrons. The number of ether oxygens (including phenoxy) is 4. The summed E-state index contributed by atoms with van der Waals surface area (Å²) in [5.74, 6) is 3.84. The number of hydrogen-bond donors (Lipinski definition) is 0. The number of benzene rings is 3. The molecule has 0 saturated heterocycles. The topological polar surface area (TPSA) is 54.7 Å². The second-order valence-electron chi connectivity index (χ2n) is 22.5. The highest BCUT2D eigenvalue weighted by Gasteiger charge is 2.27. The van der Waals surface area contributed by atoms with Gasteiger partial charge in [-0.3, -0.25) is 0 Å². The second-order valence-corrected chi connectivity index (χ2v) is 22.5. The Morgan fingerprint density at radius 1 is 0.569 bits per heavy atom. The van der Waals surface area contributed by atoms with Gasteiger partial charge in [0.2, 0.25) is 0 Å². The maximum atomic E-state index is 7.09. The molecule has 4 rings (SSSR count). The average molecular weight is 889 g/mol. The average Bonchev–Trinajstić information content (AvgIpc) is 3.63. The Balaban J connectivity index is 2.10. The Labute approximate surface area is 396 Å². The van der Waals surface area contributed by atoms with Crippen molar-refractivity contribution in [3.05, 3.63) is 128 Å². The highest BCUT2D eigenvalue weighted by Crippen LogP contribution is 2.42. The van der Waals surface area contributed by atoms with Crippen molar-refractivity contribution in [1.82, 2.24) is 9.55 Å². The third kappa shape index (κ3) is 14.8. The zero-order valence-corrected chi connectivity index (χ0v) is 44.5. The quantitative estimate of drug-likeness (QED) is 0.0654. The van der Waals surface area contributed by atoms with E-state index in [0.717, 1.165) is 65.5 Å². The predicted octanol–water partition coefficient (Wildman–Crippen LogP) is 15.4. The lowest BCUT2D eigenvalue weighted by Gasteiger charge is -2.28. The fraction of sp³-hybridized carbons (Fsp3) is 0.576. The number of rotatable bonds is 20. The van der Waals surface area contributed by atoms with Crippen LogP contribution in [-0.2, 0) is 60.3 Å². The lowest BCUT2D eigenvalue weighted by Crippen LogP contribution is -2.16. The molecule has 3 aromatic carbocycles. The first-order valence-electron chi connectivity index (χ1n) is 24.7. The molecule has 0 bridgehead atoms. The van der Waals surface area contributed by atoms with E-state index in [1.54, 1.807) is 0 Å². The molecule has 0 fully saturated rings. The Hall–Kier alpha value is -4.45. The van der Waals surface area contributed by atoms with Crippen LogP contribution < -0.4 is 14.2 Å². The van der Waals surface area contributed by atoms with Crippen LogP contribution in [0.15, 0.2) is 71.9 Å². The van der Waals surface area contributed by atoms with Crippen LogP contribution in [0.2, 0.25) is 0 Å². The summed E-state index contributed by atoms with van der Waals surface area (Å²) in [4.78, 5) is 4.69. The van der Waals surface area contributed by atoms with E-state index in [1.807, 2.05) is 24.1 Å². The molecule has 0 N–H and O–H groups in total. The maximum absolute atomic E-state index is 7.09. The largest absolute Gasteiger partial charge is 0.498 e. The monoisotopic (exact) mass is 889 g/mol. The summed E-state index contributed by atoms with van der Waals surface area (Å²) in [7, 11) is 2.00. The summed E-state index contributed by atoms with van der Waals surface area (Å²) in [6.45, 7) is 43.1. The van der Waals surface area contributed by atoms with Gasteiger partial charge in [0, 0.05) is 32.5 Å². The summed E-state index contributed by atoms with van der Waals surface area (Å²) >= 11 is 0. The molecule has 6 nitrogen and oxygen atoms in total. The number of nitrogens with zero attached hydrogens (tertiary/aromatic N) is 2. The molecule has 0 spiro atoms. The predicted molar refractivity (Wildman–Crippen MR) is 275 cm³/mol. The van der Waals surface area contributed by atoms with Crippen molar-refractivity contribution in [2.75, 3.05) is 19.8 Å². The molecule has 1 aromatic heterocycles. The van der Waals surface area contributed by atoms with Crippen molar-refractivity contribution < 1.29 is 18.9 Å². The molecule has 0 aliphatic rings. The zero-order chi connectivity index (χ0) is 48.5. The minimum absolute atomic E-state index is 0.00669. The molecule has 358 valence electrons. The van der Waals surface area contributed by atoms with Crippen LogP contribution in [-0.4, -0.2) is 29.4 Å². The molecule has 0 aliphatic carbocycles. The first-order chi connectivity index (χ1) is 30.3. The minimum Gasteiger partial charge on any atom is -0.498 e. The number of imidazole rings is 1. The summed E-state index contributed by atoms with van der Waals surface area (Å²) < 4.78 is 29.1. The molecule has 1 heterocycles. The van der Waals surface area contributed by atoms with Crippen LogP contribution in [0.5, 0.6) is 17.2 Å². The fourth-order valence-electron chi connectivity index (χ4n) is 7.85. The van der Waals surface area contributed by atoms with Crippen molar-refractivity contribution >= 4 is 0 Å². The van der Waals surface area contributed by atoms with Gasteiger partial charge in [-0.05, 0) is 117 Å². The number of aromatic nitrogens is 2. The highest BCUT2D eigenvalue weighted by molar-refractivity contribution is 5.57. The van der Waals surface area contributed by atoms with E-state index >= 15 is 0 Å². The van der Waals surface area contributed by atoms with E-state index in [9.17, 15) is 0 Å². The molecule has 0 saturated carbocycles. The second kappa shape index (κ2) is 22.4. The molecule has 0 amide bonds. The third-order valence-electron chi connectivity index (χ3n) is 12.4. The molecular weight excluding hydrogens is 801 g/mol. The fourth-order valence-corrected chi connectivity index (χ4v) is 7.85. The van der Waals surface area contributed by atoms with E-state index in [0.29, 0.717) is 45.7 Å². The number of allylic oxidation sites excluding steroid dienone is 4.